The van der Waals surface area contributed by atoms with Crippen LogP contribution in [0.2, 0.25) is 0 Å². The number of hydrogen-bond acceptors (Lipinski definition) is 7. The Kier molecular flexibility index (Phi) is 15.4. The van der Waals surface area contributed by atoms with Crippen molar-refractivity contribution in [3.05, 3.63) is 95.6 Å². The molecule has 0 fully saturated rings. The third kappa shape index (κ3) is 11.8. The summed E-state index contributed by atoms with van der Waals surface area (Å²) < 4.78 is 33.7. The molecule has 0 aliphatic carbocycles. The van der Waals surface area contributed by atoms with Gasteiger partial charge < -0.3 is 28.2 Å². The fraction of sp³-hybridized carbons (Fsp3) is 0.471. The average Bonchev–Trinajstić information content (AvgIpc) is 3.02. The van der Waals surface area contributed by atoms with Crippen LogP contribution in [0.4, 0.5) is 0 Å². The maximum absolute atomic E-state index is 11.0. The van der Waals surface area contributed by atoms with Crippen LogP contribution in [0.15, 0.2) is 78.9 Å². The van der Waals surface area contributed by atoms with E-state index in [1.807, 2.05) is 30.3 Å². The molecular weight excluding hydrogens is 599 g/mol. The molecule has 0 radical (unpaired) electrons. The summed E-state index contributed by atoms with van der Waals surface area (Å²) in [4.78, 5) is 11.0. The summed E-state index contributed by atoms with van der Waals surface area (Å²) >= 11 is 5.72. The van der Waals surface area contributed by atoms with Gasteiger partial charge in [-0.25, -0.2) is 0 Å². The van der Waals surface area contributed by atoms with Crippen LogP contribution in [0.25, 0.3) is 0 Å². The first-order chi connectivity index (χ1) is 20.8. The van der Waals surface area contributed by atoms with Gasteiger partial charge in [-0.15, -0.1) is 9.45 Å². The second-order valence-electron chi connectivity index (χ2n) is 10.6. The minimum Gasteiger partial charge on any atom is -0.779 e. The molecule has 0 bridgehead atoms. The summed E-state index contributed by atoms with van der Waals surface area (Å²) in [5, 5.41) is 0. The van der Waals surface area contributed by atoms with Crippen molar-refractivity contribution in [1.29, 1.82) is 0 Å². The molecule has 3 rings (SSSR count). The van der Waals surface area contributed by atoms with Crippen LogP contribution in [0.5, 0.6) is 11.5 Å². The van der Waals surface area contributed by atoms with E-state index in [9.17, 15) is 9.46 Å². The van der Waals surface area contributed by atoms with Crippen LogP contribution >= 0.6 is 7.60 Å². The van der Waals surface area contributed by atoms with Crippen molar-refractivity contribution in [3.8, 4) is 11.5 Å². The SMILES string of the molecule is COc1ccc(C(OCCCCCCS(=S)CCCCCCOP(C)(=O)[O-])(c2ccccc2)c2ccc(OC)cc2)cc1. The lowest BCUT2D eigenvalue weighted by molar-refractivity contribution is -0.196. The molecule has 236 valence electrons. The van der Waals surface area contributed by atoms with E-state index in [0.717, 1.165) is 97.7 Å². The highest BCUT2D eigenvalue weighted by Gasteiger charge is 2.37. The summed E-state index contributed by atoms with van der Waals surface area (Å²) in [6.45, 7) is 2.02. The number of methoxy groups -OCH3 is 2. The minimum absolute atomic E-state index is 0.0127. The average molecular weight is 646 g/mol. The molecule has 0 spiro atoms. The van der Waals surface area contributed by atoms with Gasteiger partial charge in [0.2, 0.25) is 0 Å². The van der Waals surface area contributed by atoms with E-state index in [-0.39, 0.29) is 16.1 Å². The molecule has 0 saturated heterocycles. The lowest BCUT2D eigenvalue weighted by Crippen LogP contribution is -2.33. The summed E-state index contributed by atoms with van der Waals surface area (Å²) in [5.41, 5.74) is 2.39. The van der Waals surface area contributed by atoms with Gasteiger partial charge >= 0.3 is 0 Å². The molecule has 0 amide bonds. The van der Waals surface area contributed by atoms with E-state index < -0.39 is 13.2 Å². The van der Waals surface area contributed by atoms with E-state index in [2.05, 4.69) is 48.5 Å². The molecule has 0 heterocycles. The predicted molar refractivity (Wildman–Crippen MR) is 179 cm³/mol. The summed E-state index contributed by atoms with van der Waals surface area (Å²) in [7, 11) is -0.230. The standard InChI is InChI=1S/C34H47O6PS2/c1-37-32-21-17-30(18-22-32)34(29-15-9-8-10-16-29,31-19-23-33(38-2)24-20-31)39-25-11-4-6-13-27-43(42)28-14-7-5-12-26-40-41(3,35)36/h8-10,15-24H,4-7,11-14,25-28H2,1-3H3,(H,35,36)/p-1. The zero-order valence-electron chi connectivity index (χ0n) is 25.7. The number of hydrogen-bond donors (Lipinski definition) is 0. The zero-order chi connectivity index (χ0) is 31.0. The minimum atomic E-state index is -3.60. The molecule has 6 nitrogen and oxygen atoms in total. The highest BCUT2D eigenvalue weighted by atomic mass is 32.8. The highest BCUT2D eigenvalue weighted by Crippen LogP contribution is 2.41. The van der Waals surface area contributed by atoms with E-state index in [0.29, 0.717) is 6.61 Å². The first kappa shape index (κ1) is 35.4. The Bertz CT molecular complexity index is 1210. The topological polar surface area (TPSA) is 77.1 Å². The Balaban J connectivity index is 1.53. The Labute approximate surface area is 265 Å². The largest absolute Gasteiger partial charge is 0.779 e. The third-order valence-electron chi connectivity index (χ3n) is 7.35. The maximum Gasteiger partial charge on any atom is 0.143 e. The van der Waals surface area contributed by atoms with Gasteiger partial charge in [-0.2, -0.15) is 0 Å². The molecule has 0 N–H and O–H groups in total. The van der Waals surface area contributed by atoms with Crippen LogP contribution in [-0.2, 0) is 40.1 Å². The first-order valence-corrected chi connectivity index (χ1v) is 19.5. The summed E-state index contributed by atoms with van der Waals surface area (Å²) in [6, 6.07) is 26.7. The molecule has 0 aliphatic rings. The molecule has 0 saturated carbocycles. The van der Waals surface area contributed by atoms with Gasteiger partial charge in [0.15, 0.2) is 0 Å². The lowest BCUT2D eigenvalue weighted by atomic mass is 9.80. The quantitative estimate of drug-likeness (QED) is 0.0678. The Morgan fingerprint density at radius 3 is 1.58 bits per heavy atom. The predicted octanol–water partition coefficient (Wildman–Crippen LogP) is 7.41. The maximum atomic E-state index is 11.0. The van der Waals surface area contributed by atoms with Gasteiger partial charge in [0, 0.05) is 13.3 Å². The van der Waals surface area contributed by atoms with Crippen LogP contribution in [0, 0.1) is 0 Å². The fourth-order valence-electron chi connectivity index (χ4n) is 5.07. The molecular formula is C34H46O6PS2-. The van der Waals surface area contributed by atoms with Gasteiger partial charge in [0.25, 0.3) is 0 Å². The smallest absolute Gasteiger partial charge is 0.143 e. The van der Waals surface area contributed by atoms with Gasteiger partial charge in [0.05, 0.1) is 20.8 Å². The van der Waals surface area contributed by atoms with Gasteiger partial charge in [-0.05, 0) is 78.1 Å². The number of benzene rings is 3. The molecule has 3 aromatic carbocycles. The van der Waals surface area contributed by atoms with Crippen LogP contribution in [0.3, 0.4) is 0 Å². The molecule has 2 unspecified atom stereocenters. The second kappa shape index (κ2) is 18.7. The van der Waals surface area contributed by atoms with E-state index in [1.54, 1.807) is 14.2 Å². The van der Waals surface area contributed by atoms with Crippen molar-refractivity contribution >= 4 is 28.2 Å². The van der Waals surface area contributed by atoms with Crippen molar-refractivity contribution in [3.63, 3.8) is 0 Å². The highest BCUT2D eigenvalue weighted by molar-refractivity contribution is 8.28. The van der Waals surface area contributed by atoms with Crippen LogP contribution in [-0.4, -0.2) is 45.6 Å². The monoisotopic (exact) mass is 645 g/mol. The van der Waals surface area contributed by atoms with Gasteiger partial charge in [0.1, 0.15) is 24.7 Å². The normalized spacial score (nSPS) is 13.8. The van der Waals surface area contributed by atoms with E-state index >= 15 is 0 Å². The second-order valence-corrected chi connectivity index (χ2v) is 15.5. The fourth-order valence-corrected chi connectivity index (χ4v) is 7.49. The van der Waals surface area contributed by atoms with Crippen LogP contribution in [0.1, 0.15) is 68.1 Å². The third-order valence-corrected chi connectivity index (χ3v) is 10.5. The van der Waals surface area contributed by atoms with Gasteiger partial charge in [-0.3, -0.25) is 0 Å². The van der Waals surface area contributed by atoms with Crippen molar-refractivity contribution in [2.75, 3.05) is 45.6 Å². The molecule has 3 aromatic rings. The number of unbranched alkanes of at least 4 members (excludes halogenated alkanes) is 6. The lowest BCUT2D eigenvalue weighted by Gasteiger charge is -2.36. The molecule has 0 aliphatic heterocycles. The van der Waals surface area contributed by atoms with Crippen molar-refractivity contribution in [2.24, 2.45) is 0 Å². The van der Waals surface area contributed by atoms with Crippen molar-refractivity contribution < 1.29 is 28.2 Å². The van der Waals surface area contributed by atoms with Crippen molar-refractivity contribution in [2.45, 2.75) is 57.0 Å². The summed E-state index contributed by atoms with van der Waals surface area (Å²) in [5.74, 6) is 3.76. The van der Waals surface area contributed by atoms with Crippen molar-refractivity contribution in [1.82, 2.24) is 0 Å². The molecule has 43 heavy (non-hydrogen) atoms. The molecule has 2 atom stereocenters. The van der Waals surface area contributed by atoms with E-state index in [1.165, 1.54) is 0 Å². The zero-order valence-corrected chi connectivity index (χ0v) is 28.2. The first-order valence-electron chi connectivity index (χ1n) is 15.0. The Morgan fingerprint density at radius 2 is 1.12 bits per heavy atom. The summed E-state index contributed by atoms with van der Waals surface area (Å²) in [6.07, 6.45) is 8.23. The number of rotatable bonds is 21. The molecule has 0 aromatic heterocycles. The van der Waals surface area contributed by atoms with E-state index in [4.69, 9.17) is 29.9 Å². The Hall–Kier alpha value is -2.06. The Morgan fingerprint density at radius 1 is 0.674 bits per heavy atom. The number of ether oxygens (including phenoxy) is 3. The van der Waals surface area contributed by atoms with Crippen LogP contribution < -0.4 is 14.4 Å². The van der Waals surface area contributed by atoms with Gasteiger partial charge in [-0.1, -0.05) is 91.5 Å². The molecule has 9 heteroatoms.